The van der Waals surface area contributed by atoms with Crippen LogP contribution in [0.3, 0.4) is 0 Å². The molecule has 0 fully saturated rings. The van der Waals surface area contributed by atoms with Gasteiger partial charge >= 0.3 is 0 Å². The molecule has 5 rings (SSSR count). The van der Waals surface area contributed by atoms with Crippen molar-refractivity contribution in [2.75, 3.05) is 5.32 Å². The zero-order chi connectivity index (χ0) is 21.0. The van der Waals surface area contributed by atoms with Crippen molar-refractivity contribution in [3.8, 4) is 5.69 Å². The first-order chi connectivity index (χ1) is 14.3. The lowest BCUT2D eigenvalue weighted by atomic mass is 9.67. The average molecular weight is 398 g/mol. The predicted octanol–water partition coefficient (Wildman–Crippen LogP) is 5.55. The molecule has 2 atom stereocenters. The van der Waals surface area contributed by atoms with Crippen LogP contribution in [0.15, 0.2) is 66.4 Å². The number of ketones is 1. The second-order valence-corrected chi connectivity index (χ2v) is 9.32. The average Bonchev–Trinajstić information content (AvgIpc) is 3.02. The Labute approximate surface area is 177 Å². The molecule has 1 aliphatic carbocycles. The lowest BCUT2D eigenvalue weighted by Crippen LogP contribution is -2.39. The van der Waals surface area contributed by atoms with E-state index in [-0.39, 0.29) is 17.3 Å². The summed E-state index contributed by atoms with van der Waals surface area (Å²) in [4.78, 5) is 13.4. The molecule has 0 amide bonds. The number of carbonyl (C=O) groups is 1. The highest BCUT2D eigenvalue weighted by atomic mass is 16.1. The Morgan fingerprint density at radius 2 is 1.80 bits per heavy atom. The Bertz CT molecular complexity index is 1170. The number of hydrogen-bond acceptors (Lipinski definition) is 3. The van der Waals surface area contributed by atoms with Gasteiger partial charge in [-0.25, -0.2) is 4.68 Å². The Morgan fingerprint density at radius 3 is 2.53 bits per heavy atom. The molecule has 0 radical (unpaired) electrons. The van der Waals surface area contributed by atoms with E-state index in [9.17, 15) is 4.79 Å². The fraction of sp³-hybridized carbons (Fsp3) is 0.308. The first kappa shape index (κ1) is 18.9. The normalized spacial score (nSPS) is 22.0. The zero-order valence-corrected chi connectivity index (χ0v) is 17.9. The Morgan fingerprint density at radius 1 is 1.03 bits per heavy atom. The van der Waals surface area contributed by atoms with Gasteiger partial charge in [0.2, 0.25) is 0 Å². The maximum Gasteiger partial charge on any atom is 0.143 e. The van der Waals surface area contributed by atoms with E-state index >= 15 is 0 Å². The number of hydrogen-bond donors (Lipinski definition) is 1. The highest BCUT2D eigenvalue weighted by Gasteiger charge is 2.46. The number of para-hydroxylation sites is 1. The summed E-state index contributed by atoms with van der Waals surface area (Å²) in [6, 6.07) is 18.7. The van der Waals surface area contributed by atoms with Crippen molar-refractivity contribution in [3.05, 3.63) is 88.8 Å². The topological polar surface area (TPSA) is 46.9 Å². The van der Waals surface area contributed by atoms with Gasteiger partial charge in [0.1, 0.15) is 11.6 Å². The summed E-state index contributed by atoms with van der Waals surface area (Å²) in [6.45, 7) is 8.42. The van der Waals surface area contributed by atoms with E-state index in [1.54, 1.807) is 0 Å². The van der Waals surface area contributed by atoms with Crippen LogP contribution in [0.1, 0.15) is 48.6 Å². The quantitative estimate of drug-likeness (QED) is 0.617. The smallest absolute Gasteiger partial charge is 0.143 e. The molecule has 30 heavy (non-hydrogen) atoms. The van der Waals surface area contributed by atoms with Gasteiger partial charge in [-0.15, -0.1) is 0 Å². The van der Waals surface area contributed by atoms with Crippen molar-refractivity contribution in [3.63, 3.8) is 0 Å². The molecule has 152 valence electrons. The van der Waals surface area contributed by atoms with E-state index in [1.165, 1.54) is 11.1 Å². The number of aromatic nitrogens is 2. The van der Waals surface area contributed by atoms with Gasteiger partial charge in [-0.05, 0) is 37.0 Å². The van der Waals surface area contributed by atoms with Crippen molar-refractivity contribution in [1.82, 2.24) is 9.78 Å². The number of allylic oxidation sites excluding steroid dienone is 2. The summed E-state index contributed by atoms with van der Waals surface area (Å²) >= 11 is 0. The largest absolute Gasteiger partial charge is 0.343 e. The number of nitrogens with zero attached hydrogens (tertiary/aromatic N) is 2. The third kappa shape index (κ3) is 2.98. The molecule has 2 aromatic carbocycles. The van der Waals surface area contributed by atoms with Gasteiger partial charge in [0.15, 0.2) is 0 Å². The molecule has 3 aromatic rings. The molecular weight excluding hydrogens is 370 g/mol. The Balaban J connectivity index is 1.78. The minimum Gasteiger partial charge on any atom is -0.343 e. The highest BCUT2D eigenvalue weighted by molar-refractivity contribution is 5.90. The first-order valence-corrected chi connectivity index (χ1v) is 10.6. The molecule has 2 heterocycles. The molecule has 4 heteroatoms. The number of carbonyl (C=O) groups excluding carboxylic acids is 1. The van der Waals surface area contributed by atoms with Gasteiger partial charge < -0.3 is 5.32 Å². The zero-order valence-electron chi connectivity index (χ0n) is 17.9. The lowest BCUT2D eigenvalue weighted by molar-refractivity contribution is -0.124. The number of rotatable bonds is 2. The van der Waals surface area contributed by atoms with Gasteiger partial charge in [-0.2, -0.15) is 5.10 Å². The van der Waals surface area contributed by atoms with Crippen molar-refractivity contribution in [2.24, 2.45) is 11.3 Å². The summed E-state index contributed by atoms with van der Waals surface area (Å²) < 4.78 is 1.98. The molecule has 0 bridgehead atoms. The number of nitrogens with one attached hydrogen (secondary N) is 1. The number of anilines is 1. The lowest BCUT2D eigenvalue weighted by Gasteiger charge is -2.40. The van der Waals surface area contributed by atoms with Crippen LogP contribution >= 0.6 is 0 Å². The summed E-state index contributed by atoms with van der Waals surface area (Å²) in [7, 11) is 0. The van der Waals surface area contributed by atoms with Gasteiger partial charge in [0.25, 0.3) is 0 Å². The third-order valence-corrected chi connectivity index (χ3v) is 6.27. The molecule has 0 spiro atoms. The van der Waals surface area contributed by atoms with Crippen LogP contribution in [0.25, 0.3) is 5.69 Å². The number of aryl methyl sites for hydroxylation is 2. The van der Waals surface area contributed by atoms with E-state index in [2.05, 4.69) is 75.5 Å². The van der Waals surface area contributed by atoms with Crippen LogP contribution in [0.4, 0.5) is 5.82 Å². The second-order valence-electron chi connectivity index (χ2n) is 9.32. The third-order valence-electron chi connectivity index (χ3n) is 6.27. The van der Waals surface area contributed by atoms with Gasteiger partial charge in [0.05, 0.1) is 17.3 Å². The Kier molecular flexibility index (Phi) is 4.21. The van der Waals surface area contributed by atoms with Crippen molar-refractivity contribution >= 4 is 11.6 Å². The van der Waals surface area contributed by atoms with Crippen molar-refractivity contribution < 1.29 is 4.79 Å². The van der Waals surface area contributed by atoms with E-state index < -0.39 is 0 Å². The van der Waals surface area contributed by atoms with Crippen LogP contribution < -0.4 is 5.32 Å². The van der Waals surface area contributed by atoms with Gasteiger partial charge in [0, 0.05) is 23.6 Å². The minimum absolute atomic E-state index is 0.0338. The van der Waals surface area contributed by atoms with Crippen LogP contribution in [0.2, 0.25) is 0 Å². The van der Waals surface area contributed by atoms with Crippen LogP contribution in [-0.2, 0) is 4.79 Å². The molecule has 0 saturated carbocycles. The molecule has 1 N–H and O–H groups in total. The maximum atomic E-state index is 13.4. The monoisotopic (exact) mass is 397 g/mol. The van der Waals surface area contributed by atoms with Crippen molar-refractivity contribution in [1.29, 1.82) is 0 Å². The number of benzene rings is 2. The molecule has 0 unspecified atom stereocenters. The van der Waals surface area contributed by atoms with Gasteiger partial charge in [-0.3, -0.25) is 4.79 Å². The van der Waals surface area contributed by atoms with Crippen LogP contribution in [0, 0.1) is 25.2 Å². The SMILES string of the molecule is Cc1cccc([C@@H]2c3c(C)nn(-c4ccccc4)c3NC3=CC(C)(C)CC(=O)[C@H]32)c1. The standard InChI is InChI=1S/C26H27N3O/c1-16-9-8-10-18(13-16)23-22-17(2)28-29(19-11-6-5-7-12-19)25(22)27-20-14-26(3,4)15-21(30)24(20)23/h5-14,23-24,27H,15H2,1-4H3/t23-,24+/m1/s1. The van der Waals surface area contributed by atoms with E-state index in [0.29, 0.717) is 12.2 Å². The molecular formula is C26H27N3O. The summed E-state index contributed by atoms with van der Waals surface area (Å²) in [5.74, 6) is 1.04. The van der Waals surface area contributed by atoms with E-state index in [0.717, 1.165) is 28.5 Å². The van der Waals surface area contributed by atoms with Gasteiger partial charge in [-0.1, -0.05) is 68.0 Å². The minimum atomic E-state index is -0.195. The van der Waals surface area contributed by atoms with E-state index in [1.807, 2.05) is 22.9 Å². The fourth-order valence-corrected chi connectivity index (χ4v) is 5.09. The molecule has 0 saturated heterocycles. The van der Waals surface area contributed by atoms with Crippen molar-refractivity contribution in [2.45, 2.75) is 40.0 Å². The number of fused-ring (bicyclic) bond motifs is 2. The first-order valence-electron chi connectivity index (χ1n) is 10.6. The summed E-state index contributed by atoms with van der Waals surface area (Å²) in [6.07, 6.45) is 2.81. The summed E-state index contributed by atoms with van der Waals surface area (Å²) in [5, 5.41) is 8.52. The molecule has 1 aliphatic heterocycles. The fourth-order valence-electron chi connectivity index (χ4n) is 5.09. The maximum absolute atomic E-state index is 13.4. The molecule has 2 aliphatic rings. The Hall–Kier alpha value is -3.14. The van der Waals surface area contributed by atoms with Crippen LogP contribution in [-0.4, -0.2) is 15.6 Å². The van der Waals surface area contributed by atoms with E-state index in [4.69, 9.17) is 5.10 Å². The van der Waals surface area contributed by atoms with Crippen LogP contribution in [0.5, 0.6) is 0 Å². The molecule has 1 aromatic heterocycles. The predicted molar refractivity (Wildman–Crippen MR) is 120 cm³/mol. The number of Topliss-reactive ketones (excluding diaryl/α,β-unsaturated/α-hetero) is 1. The summed E-state index contributed by atoms with van der Waals surface area (Å²) in [5.41, 5.74) is 6.33. The molecule has 4 nitrogen and oxygen atoms in total. The highest BCUT2D eigenvalue weighted by Crippen LogP contribution is 2.50. The second kappa shape index (κ2) is 6.69.